The molecule has 196 valence electrons. The molecule has 0 spiro atoms. The Kier molecular flexibility index (Phi) is 7.59. The zero-order valence-electron chi connectivity index (χ0n) is 22.0. The molecular weight excluding hydrogens is 460 g/mol. The number of amides is 2. The first-order valence-corrected chi connectivity index (χ1v) is 12.9. The van der Waals surface area contributed by atoms with E-state index in [9.17, 15) is 14.7 Å². The molecule has 36 heavy (non-hydrogen) atoms. The molecule has 2 fully saturated rings. The molecule has 1 aromatic heterocycles. The quantitative estimate of drug-likeness (QED) is 0.501. The Hall–Kier alpha value is -3.07. The molecular formula is C27H38N4O5. The van der Waals surface area contributed by atoms with E-state index in [1.165, 1.54) is 0 Å². The number of rotatable bonds is 9. The second-order valence-corrected chi connectivity index (χ2v) is 10.3. The standard InChI is InChI=1S/C27H38N4O5/c1-7-8-22(32)20-12-19(13-21(14-20)23-17(5)30(15(2)3)26(33)35-23)11-16(4)31-18(6)24(36-27(31)34)25-28-9-10-29-25/h9-10,12-18,22-24,32H,7-8,11H2,1-6H3,(H,28,29)/t16?,17-,18-,22?,23-,24-/m0/s1. The van der Waals surface area contributed by atoms with Crippen LogP contribution in [0.3, 0.4) is 0 Å². The molecule has 2 saturated heterocycles. The van der Waals surface area contributed by atoms with Gasteiger partial charge in [0.2, 0.25) is 0 Å². The average molecular weight is 499 g/mol. The van der Waals surface area contributed by atoms with Crippen molar-refractivity contribution in [3.05, 3.63) is 53.1 Å². The molecule has 2 unspecified atom stereocenters. The van der Waals surface area contributed by atoms with E-state index in [2.05, 4.69) is 9.97 Å². The third-order valence-corrected chi connectivity index (χ3v) is 7.30. The lowest BCUT2D eigenvalue weighted by Crippen LogP contribution is -2.40. The average Bonchev–Trinajstić information content (AvgIpc) is 3.51. The number of benzene rings is 1. The molecule has 3 heterocycles. The van der Waals surface area contributed by atoms with E-state index in [-0.39, 0.29) is 36.4 Å². The van der Waals surface area contributed by atoms with Crippen LogP contribution in [-0.2, 0) is 15.9 Å². The van der Waals surface area contributed by atoms with Crippen LogP contribution in [0.1, 0.15) is 95.2 Å². The van der Waals surface area contributed by atoms with Crippen molar-refractivity contribution in [1.29, 1.82) is 0 Å². The van der Waals surface area contributed by atoms with E-state index < -0.39 is 18.3 Å². The minimum absolute atomic E-state index is 0.0237. The fourth-order valence-electron chi connectivity index (χ4n) is 5.59. The molecule has 6 atom stereocenters. The lowest BCUT2D eigenvalue weighted by Gasteiger charge is -2.28. The van der Waals surface area contributed by atoms with Gasteiger partial charge in [0.05, 0.1) is 18.2 Å². The molecule has 2 N–H and O–H groups in total. The topological polar surface area (TPSA) is 108 Å². The van der Waals surface area contributed by atoms with Gasteiger partial charge in [0.15, 0.2) is 6.10 Å². The molecule has 4 rings (SSSR count). The van der Waals surface area contributed by atoms with Crippen molar-refractivity contribution in [3.8, 4) is 0 Å². The third-order valence-electron chi connectivity index (χ3n) is 7.30. The highest BCUT2D eigenvalue weighted by atomic mass is 16.6. The first-order valence-electron chi connectivity index (χ1n) is 12.9. The molecule has 2 amide bonds. The van der Waals surface area contributed by atoms with Gasteiger partial charge in [-0.3, -0.25) is 9.80 Å². The third kappa shape index (κ3) is 4.93. The Morgan fingerprint density at radius 3 is 2.31 bits per heavy atom. The molecule has 2 aliphatic rings. The molecule has 9 nitrogen and oxygen atoms in total. The number of aliphatic hydroxyl groups excluding tert-OH is 1. The largest absolute Gasteiger partial charge is 0.439 e. The predicted molar refractivity (Wildman–Crippen MR) is 134 cm³/mol. The molecule has 0 bridgehead atoms. The maximum Gasteiger partial charge on any atom is 0.411 e. The number of hydrogen-bond acceptors (Lipinski definition) is 6. The normalized spacial score (nSPS) is 25.9. The molecule has 2 aliphatic heterocycles. The summed E-state index contributed by atoms with van der Waals surface area (Å²) in [5.74, 6) is 0.629. The first-order chi connectivity index (χ1) is 17.1. The van der Waals surface area contributed by atoms with Crippen LogP contribution in [0.25, 0.3) is 0 Å². The maximum absolute atomic E-state index is 12.8. The Morgan fingerprint density at radius 1 is 1.03 bits per heavy atom. The summed E-state index contributed by atoms with van der Waals surface area (Å²) >= 11 is 0. The van der Waals surface area contributed by atoms with Gasteiger partial charge >= 0.3 is 12.2 Å². The van der Waals surface area contributed by atoms with Crippen LogP contribution in [0.5, 0.6) is 0 Å². The second-order valence-electron chi connectivity index (χ2n) is 10.3. The van der Waals surface area contributed by atoms with Crippen LogP contribution in [-0.4, -0.2) is 61.2 Å². The lowest BCUT2D eigenvalue weighted by atomic mass is 9.92. The van der Waals surface area contributed by atoms with Gasteiger partial charge in [-0.25, -0.2) is 14.6 Å². The summed E-state index contributed by atoms with van der Waals surface area (Å²) in [6, 6.07) is 5.52. The van der Waals surface area contributed by atoms with Crippen molar-refractivity contribution >= 4 is 12.2 Å². The van der Waals surface area contributed by atoms with Crippen molar-refractivity contribution in [2.75, 3.05) is 0 Å². The summed E-state index contributed by atoms with van der Waals surface area (Å²) in [4.78, 5) is 36.2. The summed E-state index contributed by atoms with van der Waals surface area (Å²) in [5.41, 5.74) is 2.63. The minimum atomic E-state index is -0.614. The zero-order chi connectivity index (χ0) is 26.1. The van der Waals surface area contributed by atoms with Crippen LogP contribution in [0.15, 0.2) is 30.6 Å². The number of nitrogens with zero attached hydrogens (tertiary/aromatic N) is 3. The van der Waals surface area contributed by atoms with Gasteiger partial charge in [-0.1, -0.05) is 25.5 Å². The van der Waals surface area contributed by atoms with Crippen molar-refractivity contribution in [3.63, 3.8) is 0 Å². The summed E-state index contributed by atoms with van der Waals surface area (Å²) in [6.07, 6.45) is 3.21. The van der Waals surface area contributed by atoms with Gasteiger partial charge < -0.3 is 19.6 Å². The Labute approximate surface area is 212 Å². The van der Waals surface area contributed by atoms with Gasteiger partial charge in [0.1, 0.15) is 11.9 Å². The number of aromatic nitrogens is 2. The number of imidazole rings is 1. The number of cyclic esters (lactones) is 2. The molecule has 0 aliphatic carbocycles. The molecule has 1 aromatic carbocycles. The van der Waals surface area contributed by atoms with Crippen LogP contribution < -0.4 is 0 Å². The van der Waals surface area contributed by atoms with Gasteiger partial charge in [0.25, 0.3) is 0 Å². The highest BCUT2D eigenvalue weighted by molar-refractivity contribution is 5.72. The van der Waals surface area contributed by atoms with E-state index in [1.807, 2.05) is 59.7 Å². The van der Waals surface area contributed by atoms with Crippen LogP contribution in [0.2, 0.25) is 0 Å². The fraction of sp³-hybridized carbons (Fsp3) is 0.593. The Balaban J connectivity index is 1.60. The maximum atomic E-state index is 12.8. The number of nitrogens with one attached hydrogen (secondary N) is 1. The lowest BCUT2D eigenvalue weighted by molar-refractivity contribution is 0.124. The van der Waals surface area contributed by atoms with Crippen LogP contribution >= 0.6 is 0 Å². The van der Waals surface area contributed by atoms with E-state index in [4.69, 9.17) is 9.47 Å². The van der Waals surface area contributed by atoms with E-state index >= 15 is 0 Å². The van der Waals surface area contributed by atoms with Gasteiger partial charge in [0, 0.05) is 24.5 Å². The highest BCUT2D eigenvalue weighted by Crippen LogP contribution is 2.37. The van der Waals surface area contributed by atoms with Gasteiger partial charge in [-0.15, -0.1) is 0 Å². The second kappa shape index (κ2) is 10.5. The number of H-pyrrole nitrogens is 1. The monoisotopic (exact) mass is 498 g/mol. The SMILES string of the molecule is CCCC(O)c1cc(CC(C)N2C(=O)O[C@H](c3ncc[nH]3)[C@@H]2C)cc([C@H]2OC(=O)N(C(C)C)[C@H]2C)c1. The van der Waals surface area contributed by atoms with Crippen LogP contribution in [0.4, 0.5) is 9.59 Å². The number of aliphatic hydroxyl groups is 1. The zero-order valence-corrected chi connectivity index (χ0v) is 22.0. The smallest absolute Gasteiger partial charge is 0.411 e. The van der Waals surface area contributed by atoms with Crippen molar-refractivity contribution in [2.45, 2.75) is 103 Å². The Bertz CT molecular complexity index is 1070. The Morgan fingerprint density at radius 2 is 1.69 bits per heavy atom. The van der Waals surface area contributed by atoms with Gasteiger partial charge in [-0.2, -0.15) is 0 Å². The van der Waals surface area contributed by atoms with Crippen molar-refractivity contribution in [1.82, 2.24) is 19.8 Å². The van der Waals surface area contributed by atoms with E-state index in [0.29, 0.717) is 18.7 Å². The summed E-state index contributed by atoms with van der Waals surface area (Å²) in [5, 5.41) is 10.8. The molecule has 2 aromatic rings. The highest BCUT2D eigenvalue weighted by Gasteiger charge is 2.44. The number of ether oxygens (including phenoxy) is 2. The molecule has 0 radical (unpaired) electrons. The molecule has 0 saturated carbocycles. The van der Waals surface area contributed by atoms with E-state index in [1.54, 1.807) is 22.2 Å². The van der Waals surface area contributed by atoms with Crippen molar-refractivity contribution < 1.29 is 24.2 Å². The van der Waals surface area contributed by atoms with E-state index in [0.717, 1.165) is 23.1 Å². The number of carbonyl (C=O) groups is 2. The minimum Gasteiger partial charge on any atom is -0.439 e. The first kappa shape index (κ1) is 26.0. The predicted octanol–water partition coefficient (Wildman–Crippen LogP) is 5.05. The number of hydrogen-bond donors (Lipinski definition) is 2. The summed E-state index contributed by atoms with van der Waals surface area (Å²) in [7, 11) is 0. The van der Waals surface area contributed by atoms with Gasteiger partial charge in [-0.05, 0) is 70.2 Å². The summed E-state index contributed by atoms with van der Waals surface area (Å²) in [6.45, 7) is 11.9. The van der Waals surface area contributed by atoms with Crippen molar-refractivity contribution in [2.24, 2.45) is 0 Å². The number of aromatic amines is 1. The summed E-state index contributed by atoms with van der Waals surface area (Å²) < 4.78 is 11.4. The number of carbonyl (C=O) groups excluding carboxylic acids is 2. The fourth-order valence-corrected chi connectivity index (χ4v) is 5.59. The molecule has 9 heteroatoms. The van der Waals surface area contributed by atoms with Crippen LogP contribution in [0, 0.1) is 0 Å².